The van der Waals surface area contributed by atoms with E-state index in [1.165, 1.54) is 11.1 Å². The molecule has 5 nitrogen and oxygen atoms in total. The molecule has 160 valence electrons. The van der Waals surface area contributed by atoms with Crippen molar-refractivity contribution in [2.75, 3.05) is 21.3 Å². The van der Waals surface area contributed by atoms with Gasteiger partial charge in [-0.25, -0.2) is 0 Å². The number of carbonyl (C=O) groups excluding carboxylic acids is 1. The maximum atomic E-state index is 12.5. The highest BCUT2D eigenvalue weighted by Gasteiger charge is 2.50. The molecule has 30 heavy (non-hydrogen) atoms. The SMILES string of the molecule is COc1ccc(CO[C@H]2[C@H](OC)C=C3C=C4C(=C(C)C(=O)N4C)C[C@]3(C)[C@H]2C)cc1. The monoisotopic (exact) mass is 409 g/mol. The molecular weight excluding hydrogens is 378 g/mol. The van der Waals surface area contributed by atoms with E-state index in [0.717, 1.165) is 29.0 Å². The van der Waals surface area contributed by atoms with Gasteiger partial charge >= 0.3 is 0 Å². The van der Waals surface area contributed by atoms with Gasteiger partial charge in [0.1, 0.15) is 11.9 Å². The van der Waals surface area contributed by atoms with Crippen LogP contribution in [-0.4, -0.2) is 44.3 Å². The van der Waals surface area contributed by atoms with Crippen LogP contribution in [0.4, 0.5) is 0 Å². The average Bonchev–Trinajstić information content (AvgIpc) is 2.96. The summed E-state index contributed by atoms with van der Waals surface area (Å²) < 4.78 is 17.5. The molecule has 1 aliphatic heterocycles. The first-order valence-electron chi connectivity index (χ1n) is 10.5. The Balaban J connectivity index is 1.62. The van der Waals surface area contributed by atoms with Gasteiger partial charge in [0.2, 0.25) is 0 Å². The Bertz CT molecular complexity index is 942. The van der Waals surface area contributed by atoms with Crippen molar-refractivity contribution in [2.24, 2.45) is 11.3 Å². The molecule has 4 atom stereocenters. The van der Waals surface area contributed by atoms with Gasteiger partial charge < -0.3 is 19.1 Å². The first-order valence-corrected chi connectivity index (χ1v) is 10.5. The molecule has 3 aliphatic rings. The highest BCUT2D eigenvalue weighted by atomic mass is 16.5. The molecule has 4 rings (SSSR count). The summed E-state index contributed by atoms with van der Waals surface area (Å²) in [6.45, 7) is 6.99. The molecule has 0 N–H and O–H groups in total. The van der Waals surface area contributed by atoms with Crippen LogP contribution in [0, 0.1) is 11.3 Å². The standard InChI is InChI=1S/C25H31NO4/c1-15-20-13-25(3)16(2)23(30-14-17-7-9-19(28-5)10-8-17)22(29-6)12-18(25)11-21(20)26(4)24(15)27/h7-12,16,22-23H,13-14H2,1-6H3/t16-,22+,23+,25+/m0/s1. The van der Waals surface area contributed by atoms with Gasteiger partial charge in [-0.1, -0.05) is 26.0 Å². The van der Waals surface area contributed by atoms with Crippen LogP contribution in [0.15, 0.2) is 58.8 Å². The summed E-state index contributed by atoms with van der Waals surface area (Å²) in [6.07, 6.45) is 5.00. The van der Waals surface area contributed by atoms with Crippen molar-refractivity contribution in [2.45, 2.75) is 46.0 Å². The lowest BCUT2D eigenvalue weighted by Crippen LogP contribution is -2.48. The first-order chi connectivity index (χ1) is 14.3. The topological polar surface area (TPSA) is 48.0 Å². The second-order valence-electron chi connectivity index (χ2n) is 8.83. The van der Waals surface area contributed by atoms with Crippen molar-refractivity contribution in [3.63, 3.8) is 0 Å². The van der Waals surface area contributed by atoms with Crippen molar-refractivity contribution in [3.05, 3.63) is 64.4 Å². The molecule has 0 spiro atoms. The molecule has 5 heteroatoms. The van der Waals surface area contributed by atoms with E-state index in [-0.39, 0.29) is 29.4 Å². The smallest absolute Gasteiger partial charge is 0.254 e. The van der Waals surface area contributed by atoms with Crippen LogP contribution in [0.1, 0.15) is 32.8 Å². The first kappa shape index (κ1) is 20.9. The zero-order valence-electron chi connectivity index (χ0n) is 18.7. The molecule has 0 bridgehead atoms. The van der Waals surface area contributed by atoms with E-state index in [2.05, 4.69) is 26.0 Å². The van der Waals surface area contributed by atoms with E-state index in [1.54, 1.807) is 19.1 Å². The van der Waals surface area contributed by atoms with Gasteiger partial charge in [0.05, 0.1) is 19.8 Å². The highest BCUT2D eigenvalue weighted by Crippen LogP contribution is 2.54. The van der Waals surface area contributed by atoms with Crippen LogP contribution < -0.4 is 4.74 Å². The van der Waals surface area contributed by atoms with Gasteiger partial charge in [-0.15, -0.1) is 0 Å². The van der Waals surface area contributed by atoms with E-state index in [9.17, 15) is 4.79 Å². The summed E-state index contributed by atoms with van der Waals surface area (Å²) in [6, 6.07) is 7.96. The molecule has 2 aliphatic carbocycles. The fourth-order valence-electron chi connectivity index (χ4n) is 5.01. The minimum atomic E-state index is -0.132. The minimum absolute atomic E-state index is 0.0726. The zero-order valence-corrected chi connectivity index (χ0v) is 18.7. The fourth-order valence-corrected chi connectivity index (χ4v) is 5.01. The number of methoxy groups -OCH3 is 2. The summed E-state index contributed by atoms with van der Waals surface area (Å²) in [5.74, 6) is 1.16. The van der Waals surface area contributed by atoms with Crippen LogP contribution in [0.25, 0.3) is 0 Å². The molecule has 0 aromatic heterocycles. The largest absolute Gasteiger partial charge is 0.497 e. The van der Waals surface area contributed by atoms with Crippen molar-refractivity contribution in [1.29, 1.82) is 0 Å². The van der Waals surface area contributed by atoms with Crippen LogP contribution in [0.3, 0.4) is 0 Å². The number of allylic oxidation sites excluding steroid dienone is 3. The Labute approximate surface area is 179 Å². The van der Waals surface area contributed by atoms with Gasteiger partial charge in [-0.05, 0) is 60.3 Å². The van der Waals surface area contributed by atoms with Gasteiger partial charge in [0.15, 0.2) is 0 Å². The van der Waals surface area contributed by atoms with E-state index < -0.39 is 0 Å². The van der Waals surface area contributed by atoms with E-state index in [4.69, 9.17) is 14.2 Å². The molecule has 0 saturated carbocycles. The normalized spacial score (nSPS) is 30.7. The predicted molar refractivity (Wildman–Crippen MR) is 116 cm³/mol. The van der Waals surface area contributed by atoms with Crippen molar-refractivity contribution >= 4 is 5.91 Å². The van der Waals surface area contributed by atoms with Gasteiger partial charge in [0, 0.05) is 30.8 Å². The number of rotatable bonds is 5. The van der Waals surface area contributed by atoms with Crippen LogP contribution in [-0.2, 0) is 20.9 Å². The van der Waals surface area contributed by atoms with Gasteiger partial charge in [-0.3, -0.25) is 4.79 Å². The second kappa shape index (κ2) is 7.71. The third-order valence-corrected chi connectivity index (χ3v) is 7.28. The number of likely N-dealkylation sites (N-methyl/N-ethyl adjacent to an activating group) is 1. The summed E-state index contributed by atoms with van der Waals surface area (Å²) in [5, 5.41) is 0. The number of benzene rings is 1. The van der Waals surface area contributed by atoms with Crippen molar-refractivity contribution in [1.82, 2.24) is 4.90 Å². The Hall–Kier alpha value is -2.37. The molecule has 1 aromatic carbocycles. The fraction of sp³-hybridized carbons (Fsp3) is 0.480. The molecule has 1 aromatic rings. The van der Waals surface area contributed by atoms with Crippen LogP contribution >= 0.6 is 0 Å². The predicted octanol–water partition coefficient (Wildman–Crippen LogP) is 4.25. The number of nitrogens with zero attached hydrogens (tertiary/aromatic N) is 1. The molecular formula is C25H31NO4. The number of carbonyl (C=O) groups is 1. The van der Waals surface area contributed by atoms with E-state index >= 15 is 0 Å². The number of ether oxygens (including phenoxy) is 3. The molecule has 1 amide bonds. The Morgan fingerprint density at radius 3 is 2.53 bits per heavy atom. The average molecular weight is 410 g/mol. The maximum absolute atomic E-state index is 12.5. The minimum Gasteiger partial charge on any atom is -0.497 e. The molecule has 0 radical (unpaired) electrons. The van der Waals surface area contributed by atoms with E-state index in [0.29, 0.717) is 6.61 Å². The second-order valence-corrected chi connectivity index (χ2v) is 8.83. The number of fused-ring (bicyclic) bond motifs is 2. The summed E-state index contributed by atoms with van der Waals surface area (Å²) in [4.78, 5) is 14.3. The van der Waals surface area contributed by atoms with Crippen LogP contribution in [0.5, 0.6) is 5.75 Å². The number of amides is 1. The highest BCUT2D eigenvalue weighted by molar-refractivity contribution is 6.00. The number of hydrogen-bond acceptors (Lipinski definition) is 4. The lowest BCUT2D eigenvalue weighted by molar-refractivity contribution is -0.123. The van der Waals surface area contributed by atoms with Crippen molar-refractivity contribution < 1.29 is 19.0 Å². The van der Waals surface area contributed by atoms with E-state index in [1.807, 2.05) is 38.2 Å². The Morgan fingerprint density at radius 1 is 1.20 bits per heavy atom. The Kier molecular flexibility index (Phi) is 5.37. The maximum Gasteiger partial charge on any atom is 0.254 e. The summed E-state index contributed by atoms with van der Waals surface area (Å²) >= 11 is 0. The van der Waals surface area contributed by atoms with Gasteiger partial charge in [0.25, 0.3) is 5.91 Å². The quantitative estimate of drug-likeness (QED) is 0.729. The lowest BCUT2D eigenvalue weighted by atomic mass is 9.59. The molecule has 0 saturated heterocycles. The van der Waals surface area contributed by atoms with Crippen molar-refractivity contribution in [3.8, 4) is 5.75 Å². The molecule has 0 fully saturated rings. The van der Waals surface area contributed by atoms with Gasteiger partial charge in [-0.2, -0.15) is 0 Å². The number of hydrogen-bond donors (Lipinski definition) is 0. The third-order valence-electron chi connectivity index (χ3n) is 7.28. The summed E-state index contributed by atoms with van der Waals surface area (Å²) in [7, 11) is 5.26. The lowest BCUT2D eigenvalue weighted by Gasteiger charge is -2.49. The zero-order chi connectivity index (χ0) is 21.6. The summed E-state index contributed by atoms with van der Waals surface area (Å²) in [5.41, 5.74) is 5.29. The van der Waals surface area contributed by atoms with Crippen LogP contribution in [0.2, 0.25) is 0 Å². The molecule has 0 unspecified atom stereocenters. The Morgan fingerprint density at radius 2 is 1.90 bits per heavy atom. The molecule has 1 heterocycles. The third kappa shape index (κ3) is 3.21.